The summed E-state index contributed by atoms with van der Waals surface area (Å²) >= 11 is 1.50. The number of carbonyl (C=O) groups is 2. The molecule has 1 fully saturated rings. The minimum absolute atomic E-state index is 0.266. The zero-order chi connectivity index (χ0) is 23.8. The summed E-state index contributed by atoms with van der Waals surface area (Å²) in [6.45, 7) is 0. The minimum Gasteiger partial charge on any atom is -0.497 e. The third-order valence-electron chi connectivity index (χ3n) is 6.08. The standard InChI is InChI=1S/C24H22F2N4O3S/c1-33-16-8-5-14(6-9-16)27-23(31)21-12-34-13-29(21)24(32)22-17-3-2-4-20(17)30(28-22)15-7-10-18(25)19(26)11-15/h5-11,21H,2-4,12-13H2,1H3,(H,27,31). The van der Waals surface area contributed by atoms with Crippen molar-refractivity contribution in [3.8, 4) is 11.4 Å². The second-order valence-electron chi connectivity index (χ2n) is 8.15. The third kappa shape index (κ3) is 4.02. The van der Waals surface area contributed by atoms with Crippen LogP contribution in [0.2, 0.25) is 0 Å². The Morgan fingerprint density at radius 1 is 1.12 bits per heavy atom. The molecule has 1 aromatic heterocycles. The molecule has 10 heteroatoms. The van der Waals surface area contributed by atoms with Crippen molar-refractivity contribution in [3.05, 3.63) is 71.1 Å². The van der Waals surface area contributed by atoms with E-state index in [9.17, 15) is 18.4 Å². The van der Waals surface area contributed by atoms with Crippen molar-refractivity contribution in [3.63, 3.8) is 0 Å². The predicted molar refractivity (Wildman–Crippen MR) is 124 cm³/mol. The van der Waals surface area contributed by atoms with Crippen LogP contribution in [0, 0.1) is 11.6 Å². The molecule has 2 aromatic carbocycles. The molecule has 5 rings (SSSR count). The monoisotopic (exact) mass is 484 g/mol. The quantitative estimate of drug-likeness (QED) is 0.596. The molecule has 176 valence electrons. The smallest absolute Gasteiger partial charge is 0.276 e. The van der Waals surface area contributed by atoms with E-state index in [2.05, 4.69) is 10.4 Å². The van der Waals surface area contributed by atoms with Crippen molar-refractivity contribution in [1.82, 2.24) is 14.7 Å². The molecule has 1 aliphatic heterocycles. The number of anilines is 1. The zero-order valence-corrected chi connectivity index (χ0v) is 19.2. The predicted octanol–water partition coefficient (Wildman–Crippen LogP) is 3.80. The lowest BCUT2D eigenvalue weighted by molar-refractivity contribution is -0.119. The summed E-state index contributed by atoms with van der Waals surface area (Å²) in [7, 11) is 1.57. The number of aromatic nitrogens is 2. The molecule has 1 atom stereocenters. The van der Waals surface area contributed by atoms with Gasteiger partial charge in [0, 0.05) is 28.8 Å². The molecule has 2 amide bonds. The van der Waals surface area contributed by atoms with Gasteiger partial charge in [-0.2, -0.15) is 5.10 Å². The van der Waals surface area contributed by atoms with Crippen LogP contribution in [0.1, 0.15) is 28.2 Å². The molecule has 0 saturated carbocycles. The first-order valence-corrected chi connectivity index (χ1v) is 12.0. The summed E-state index contributed by atoms with van der Waals surface area (Å²) in [5.74, 6) is -1.01. The highest BCUT2D eigenvalue weighted by atomic mass is 32.2. The van der Waals surface area contributed by atoms with E-state index in [0.29, 0.717) is 41.6 Å². The molecular formula is C24H22F2N4O3S. The number of thioether (sulfide) groups is 1. The number of benzene rings is 2. The SMILES string of the molecule is COc1ccc(NC(=O)C2CSCN2C(=O)c2nn(-c3ccc(F)c(F)c3)c3c2CCC3)cc1. The number of rotatable bonds is 5. The molecule has 2 aliphatic rings. The number of nitrogens with zero attached hydrogens (tertiary/aromatic N) is 3. The van der Waals surface area contributed by atoms with Crippen LogP contribution in [-0.2, 0) is 17.6 Å². The van der Waals surface area contributed by atoms with Crippen LogP contribution in [0.4, 0.5) is 14.5 Å². The zero-order valence-electron chi connectivity index (χ0n) is 18.4. The van der Waals surface area contributed by atoms with Crippen molar-refractivity contribution in [2.75, 3.05) is 24.1 Å². The first-order chi connectivity index (χ1) is 16.5. The lowest BCUT2D eigenvalue weighted by Crippen LogP contribution is -2.44. The summed E-state index contributed by atoms with van der Waals surface area (Å²) < 4.78 is 33.9. The van der Waals surface area contributed by atoms with Gasteiger partial charge in [-0.15, -0.1) is 11.8 Å². The van der Waals surface area contributed by atoms with Crippen LogP contribution in [0.5, 0.6) is 5.75 Å². The largest absolute Gasteiger partial charge is 0.497 e. The second kappa shape index (κ2) is 9.09. The maximum absolute atomic E-state index is 13.8. The average molecular weight is 485 g/mol. The number of methoxy groups -OCH3 is 1. The van der Waals surface area contributed by atoms with E-state index < -0.39 is 17.7 Å². The minimum atomic E-state index is -0.973. The summed E-state index contributed by atoms with van der Waals surface area (Å²) in [4.78, 5) is 28.0. The van der Waals surface area contributed by atoms with Crippen LogP contribution in [0.15, 0.2) is 42.5 Å². The molecule has 7 nitrogen and oxygen atoms in total. The summed E-state index contributed by atoms with van der Waals surface area (Å²) in [6, 6.07) is 9.88. The molecule has 0 radical (unpaired) electrons. The normalized spacial score (nSPS) is 17.0. The molecule has 1 unspecified atom stereocenters. The van der Waals surface area contributed by atoms with Crippen LogP contribution in [0.3, 0.4) is 0 Å². The van der Waals surface area contributed by atoms with Crippen molar-refractivity contribution < 1.29 is 23.1 Å². The van der Waals surface area contributed by atoms with E-state index >= 15 is 0 Å². The topological polar surface area (TPSA) is 76.5 Å². The second-order valence-corrected chi connectivity index (χ2v) is 9.15. The average Bonchev–Trinajstić information content (AvgIpc) is 3.58. The van der Waals surface area contributed by atoms with Gasteiger partial charge in [0.1, 0.15) is 11.8 Å². The van der Waals surface area contributed by atoms with Crippen LogP contribution in [-0.4, -0.2) is 51.3 Å². The number of fused-ring (bicyclic) bond motifs is 1. The Bertz CT molecular complexity index is 1260. The highest BCUT2D eigenvalue weighted by Crippen LogP contribution is 2.31. The maximum Gasteiger partial charge on any atom is 0.276 e. The Morgan fingerprint density at radius 2 is 1.91 bits per heavy atom. The molecule has 1 saturated heterocycles. The maximum atomic E-state index is 13.8. The van der Waals surface area contributed by atoms with Gasteiger partial charge in [-0.1, -0.05) is 0 Å². The molecule has 34 heavy (non-hydrogen) atoms. The molecule has 2 heterocycles. The molecule has 3 aromatic rings. The van der Waals surface area contributed by atoms with E-state index in [1.165, 1.54) is 27.4 Å². The molecule has 1 aliphatic carbocycles. The fourth-order valence-corrected chi connectivity index (χ4v) is 5.49. The lowest BCUT2D eigenvalue weighted by atomic mass is 10.1. The number of amides is 2. The summed E-state index contributed by atoms with van der Waals surface area (Å²) in [6.07, 6.45) is 2.20. The van der Waals surface area contributed by atoms with Gasteiger partial charge in [0.15, 0.2) is 17.3 Å². The first-order valence-electron chi connectivity index (χ1n) is 10.9. The Balaban J connectivity index is 1.40. The number of nitrogens with one attached hydrogen (secondary N) is 1. The molecule has 0 spiro atoms. The number of ether oxygens (including phenoxy) is 1. The molecule has 0 bridgehead atoms. The van der Waals surface area contributed by atoms with Crippen molar-refractivity contribution >= 4 is 29.3 Å². The third-order valence-corrected chi connectivity index (χ3v) is 7.10. The number of hydrogen-bond acceptors (Lipinski definition) is 5. The first kappa shape index (κ1) is 22.4. The Kier molecular flexibility index (Phi) is 5.99. The fraction of sp³-hybridized carbons (Fsp3) is 0.292. The van der Waals surface area contributed by atoms with Gasteiger partial charge in [0.25, 0.3) is 5.91 Å². The lowest BCUT2D eigenvalue weighted by Gasteiger charge is -2.22. The van der Waals surface area contributed by atoms with Gasteiger partial charge in [0.05, 0.1) is 18.7 Å². The van der Waals surface area contributed by atoms with Crippen molar-refractivity contribution in [2.45, 2.75) is 25.3 Å². The summed E-state index contributed by atoms with van der Waals surface area (Å²) in [5.41, 5.74) is 2.86. The number of hydrogen-bond donors (Lipinski definition) is 1. The van der Waals surface area contributed by atoms with Crippen LogP contribution >= 0.6 is 11.8 Å². The van der Waals surface area contributed by atoms with E-state index in [1.54, 1.807) is 31.4 Å². The Labute approximate surface area is 199 Å². The van der Waals surface area contributed by atoms with E-state index in [0.717, 1.165) is 29.8 Å². The van der Waals surface area contributed by atoms with Gasteiger partial charge in [-0.3, -0.25) is 9.59 Å². The van der Waals surface area contributed by atoms with E-state index in [1.807, 2.05) is 0 Å². The highest BCUT2D eigenvalue weighted by molar-refractivity contribution is 7.99. The van der Waals surface area contributed by atoms with Gasteiger partial charge >= 0.3 is 0 Å². The van der Waals surface area contributed by atoms with Gasteiger partial charge < -0.3 is 15.0 Å². The van der Waals surface area contributed by atoms with Gasteiger partial charge in [-0.25, -0.2) is 13.5 Å². The van der Waals surface area contributed by atoms with Crippen molar-refractivity contribution in [1.29, 1.82) is 0 Å². The van der Waals surface area contributed by atoms with E-state index in [4.69, 9.17) is 4.74 Å². The van der Waals surface area contributed by atoms with Crippen LogP contribution < -0.4 is 10.1 Å². The fourth-order valence-electron chi connectivity index (χ4n) is 4.34. The summed E-state index contributed by atoms with van der Waals surface area (Å²) in [5, 5.41) is 7.36. The van der Waals surface area contributed by atoms with Gasteiger partial charge in [-0.05, 0) is 55.7 Å². The number of halogens is 2. The Morgan fingerprint density at radius 3 is 2.65 bits per heavy atom. The Hall–Kier alpha value is -3.40. The van der Waals surface area contributed by atoms with Crippen molar-refractivity contribution in [2.24, 2.45) is 0 Å². The van der Waals surface area contributed by atoms with Gasteiger partial charge in [0.2, 0.25) is 5.91 Å². The van der Waals surface area contributed by atoms with E-state index in [-0.39, 0.29) is 17.5 Å². The number of carbonyl (C=O) groups excluding carboxylic acids is 2. The molecular weight excluding hydrogens is 462 g/mol. The van der Waals surface area contributed by atoms with Crippen LogP contribution in [0.25, 0.3) is 5.69 Å². The molecule has 1 N–H and O–H groups in total. The highest BCUT2D eigenvalue weighted by Gasteiger charge is 2.38.